The van der Waals surface area contributed by atoms with Crippen LogP contribution in [0.5, 0.6) is 0 Å². The molecule has 0 saturated carbocycles. The molecule has 0 bridgehead atoms. The van der Waals surface area contributed by atoms with E-state index < -0.39 is 11.8 Å². The fourth-order valence-corrected chi connectivity index (χ4v) is 2.49. The average molecular weight is 276 g/mol. The molecular weight excluding hydrogens is 259 g/mol. The standard InChI is InChI=1S/C15H17FN2O2/c1-4-12-14(13(5-2)18(3)17-12)11-8-9(16)6-7-10(11)15(19)20/h6-8H,4-5H2,1-3H3,(H,19,20). The fourth-order valence-electron chi connectivity index (χ4n) is 2.49. The second kappa shape index (κ2) is 5.45. The van der Waals surface area contributed by atoms with Gasteiger partial charge < -0.3 is 5.11 Å². The Labute approximate surface area is 116 Å². The number of halogens is 1. The lowest BCUT2D eigenvalue weighted by atomic mass is 9.95. The molecule has 0 spiro atoms. The maximum absolute atomic E-state index is 13.6. The van der Waals surface area contributed by atoms with E-state index in [1.807, 2.05) is 20.9 Å². The third kappa shape index (κ3) is 2.31. The Hall–Kier alpha value is -2.17. The van der Waals surface area contributed by atoms with E-state index in [1.54, 1.807) is 4.68 Å². The number of aryl methyl sites for hydroxylation is 2. The van der Waals surface area contributed by atoms with Crippen LogP contribution in [0.4, 0.5) is 4.39 Å². The van der Waals surface area contributed by atoms with Crippen molar-refractivity contribution in [1.82, 2.24) is 9.78 Å². The van der Waals surface area contributed by atoms with Gasteiger partial charge in [-0.2, -0.15) is 5.10 Å². The summed E-state index contributed by atoms with van der Waals surface area (Å²) in [6.07, 6.45) is 1.37. The van der Waals surface area contributed by atoms with Crippen molar-refractivity contribution in [3.05, 3.63) is 41.0 Å². The van der Waals surface area contributed by atoms with E-state index in [2.05, 4.69) is 5.10 Å². The summed E-state index contributed by atoms with van der Waals surface area (Å²) in [6, 6.07) is 3.75. The molecule has 0 saturated heterocycles. The average Bonchev–Trinajstić information content (AvgIpc) is 2.74. The van der Waals surface area contributed by atoms with E-state index in [1.165, 1.54) is 18.2 Å². The molecule has 1 aromatic carbocycles. The van der Waals surface area contributed by atoms with Gasteiger partial charge in [0, 0.05) is 23.9 Å². The Balaban J connectivity index is 2.79. The topological polar surface area (TPSA) is 55.1 Å². The number of aromatic carboxylic acids is 1. The summed E-state index contributed by atoms with van der Waals surface area (Å²) in [6.45, 7) is 3.92. The SMILES string of the molecule is CCc1nn(C)c(CC)c1-c1cc(F)ccc1C(=O)O. The zero-order valence-electron chi connectivity index (χ0n) is 11.8. The molecule has 1 N–H and O–H groups in total. The highest BCUT2D eigenvalue weighted by Gasteiger charge is 2.21. The first kappa shape index (κ1) is 14.2. The van der Waals surface area contributed by atoms with E-state index in [0.29, 0.717) is 18.4 Å². The van der Waals surface area contributed by atoms with Gasteiger partial charge in [0.1, 0.15) is 5.82 Å². The van der Waals surface area contributed by atoms with Crippen molar-refractivity contribution >= 4 is 5.97 Å². The highest BCUT2D eigenvalue weighted by molar-refractivity contribution is 5.96. The van der Waals surface area contributed by atoms with E-state index >= 15 is 0 Å². The van der Waals surface area contributed by atoms with Gasteiger partial charge in [-0.1, -0.05) is 13.8 Å². The summed E-state index contributed by atoms with van der Waals surface area (Å²) < 4.78 is 15.3. The monoisotopic (exact) mass is 276 g/mol. The lowest BCUT2D eigenvalue weighted by Crippen LogP contribution is -2.03. The number of aromatic nitrogens is 2. The molecule has 0 atom stereocenters. The molecule has 20 heavy (non-hydrogen) atoms. The number of hydrogen-bond donors (Lipinski definition) is 1. The molecule has 0 radical (unpaired) electrons. The first-order valence-corrected chi connectivity index (χ1v) is 6.57. The van der Waals surface area contributed by atoms with Crippen LogP contribution in [0.1, 0.15) is 35.6 Å². The van der Waals surface area contributed by atoms with E-state index in [9.17, 15) is 14.3 Å². The van der Waals surface area contributed by atoms with Gasteiger partial charge in [-0.15, -0.1) is 0 Å². The predicted octanol–water partition coefficient (Wildman–Crippen LogP) is 3.05. The molecule has 1 heterocycles. The van der Waals surface area contributed by atoms with Gasteiger partial charge in [0.05, 0.1) is 11.3 Å². The number of hydrogen-bond acceptors (Lipinski definition) is 2. The normalized spacial score (nSPS) is 10.8. The van der Waals surface area contributed by atoms with Crippen molar-refractivity contribution in [3.8, 4) is 11.1 Å². The third-order valence-corrected chi connectivity index (χ3v) is 3.39. The van der Waals surface area contributed by atoms with Gasteiger partial charge in [-0.3, -0.25) is 4.68 Å². The van der Waals surface area contributed by atoms with Gasteiger partial charge >= 0.3 is 5.97 Å². The Morgan fingerprint density at radius 3 is 2.60 bits per heavy atom. The zero-order valence-corrected chi connectivity index (χ0v) is 11.8. The predicted molar refractivity (Wildman–Crippen MR) is 74.3 cm³/mol. The number of nitrogens with zero attached hydrogens (tertiary/aromatic N) is 2. The highest BCUT2D eigenvalue weighted by atomic mass is 19.1. The maximum atomic E-state index is 13.6. The van der Waals surface area contributed by atoms with Crippen LogP contribution in [0, 0.1) is 5.82 Å². The summed E-state index contributed by atoms with van der Waals surface area (Å²) in [5.74, 6) is -1.51. The molecule has 5 heteroatoms. The van der Waals surface area contributed by atoms with Crippen LogP contribution in [-0.4, -0.2) is 20.9 Å². The maximum Gasteiger partial charge on any atom is 0.336 e. The van der Waals surface area contributed by atoms with Gasteiger partial charge in [0.25, 0.3) is 0 Å². The lowest BCUT2D eigenvalue weighted by molar-refractivity contribution is 0.0697. The number of benzene rings is 1. The van der Waals surface area contributed by atoms with Crippen molar-refractivity contribution in [2.45, 2.75) is 26.7 Å². The summed E-state index contributed by atoms with van der Waals surface area (Å²) in [7, 11) is 1.82. The molecule has 0 aliphatic rings. The van der Waals surface area contributed by atoms with Crippen molar-refractivity contribution in [1.29, 1.82) is 0 Å². The van der Waals surface area contributed by atoms with E-state index in [-0.39, 0.29) is 5.56 Å². The van der Waals surface area contributed by atoms with Crippen molar-refractivity contribution in [3.63, 3.8) is 0 Å². The first-order valence-electron chi connectivity index (χ1n) is 6.57. The summed E-state index contributed by atoms with van der Waals surface area (Å²) in [4.78, 5) is 11.4. The molecular formula is C15H17FN2O2. The quantitative estimate of drug-likeness (QED) is 0.933. The minimum atomic E-state index is -1.06. The van der Waals surface area contributed by atoms with Gasteiger partial charge in [0.2, 0.25) is 0 Å². The minimum Gasteiger partial charge on any atom is -0.478 e. The second-order valence-corrected chi connectivity index (χ2v) is 4.59. The number of carbonyl (C=O) groups is 1. The summed E-state index contributed by atoms with van der Waals surface area (Å²) in [5.41, 5.74) is 2.95. The summed E-state index contributed by atoms with van der Waals surface area (Å²) in [5, 5.41) is 13.7. The number of carboxylic acid groups (broad SMARTS) is 1. The van der Waals surface area contributed by atoms with Crippen LogP contribution in [-0.2, 0) is 19.9 Å². The van der Waals surface area contributed by atoms with Crippen molar-refractivity contribution in [2.24, 2.45) is 7.05 Å². The van der Waals surface area contributed by atoms with E-state index in [4.69, 9.17) is 0 Å². The Morgan fingerprint density at radius 2 is 2.05 bits per heavy atom. The largest absolute Gasteiger partial charge is 0.478 e. The zero-order chi connectivity index (χ0) is 14.9. The minimum absolute atomic E-state index is 0.101. The third-order valence-electron chi connectivity index (χ3n) is 3.39. The van der Waals surface area contributed by atoms with Crippen LogP contribution in [0.25, 0.3) is 11.1 Å². The van der Waals surface area contributed by atoms with Crippen LogP contribution >= 0.6 is 0 Å². The molecule has 1 aromatic heterocycles. The Kier molecular flexibility index (Phi) is 3.88. The van der Waals surface area contributed by atoms with Crippen molar-refractivity contribution in [2.75, 3.05) is 0 Å². The van der Waals surface area contributed by atoms with Gasteiger partial charge in [-0.05, 0) is 31.0 Å². The van der Waals surface area contributed by atoms with Crippen LogP contribution < -0.4 is 0 Å². The first-order chi connectivity index (χ1) is 9.49. The Bertz CT molecular complexity index is 662. The lowest BCUT2D eigenvalue weighted by Gasteiger charge is -2.09. The molecule has 2 rings (SSSR count). The number of rotatable bonds is 4. The molecule has 0 amide bonds. The smallest absolute Gasteiger partial charge is 0.336 e. The van der Waals surface area contributed by atoms with Crippen LogP contribution in [0.15, 0.2) is 18.2 Å². The Morgan fingerprint density at radius 1 is 1.35 bits per heavy atom. The number of carboxylic acids is 1. The van der Waals surface area contributed by atoms with Gasteiger partial charge in [-0.25, -0.2) is 9.18 Å². The fraction of sp³-hybridized carbons (Fsp3) is 0.333. The molecule has 0 fully saturated rings. The molecule has 0 aliphatic carbocycles. The van der Waals surface area contributed by atoms with Crippen molar-refractivity contribution < 1.29 is 14.3 Å². The van der Waals surface area contributed by atoms with Crippen LogP contribution in [0.2, 0.25) is 0 Å². The van der Waals surface area contributed by atoms with Gasteiger partial charge in [0.15, 0.2) is 0 Å². The molecule has 106 valence electrons. The highest BCUT2D eigenvalue weighted by Crippen LogP contribution is 2.32. The van der Waals surface area contributed by atoms with Crippen LogP contribution in [0.3, 0.4) is 0 Å². The molecule has 4 nitrogen and oxygen atoms in total. The molecule has 0 aliphatic heterocycles. The molecule has 2 aromatic rings. The molecule has 0 unspecified atom stereocenters. The van der Waals surface area contributed by atoms with E-state index in [0.717, 1.165) is 17.0 Å². The second-order valence-electron chi connectivity index (χ2n) is 4.59. The summed E-state index contributed by atoms with van der Waals surface area (Å²) >= 11 is 0.